The lowest BCUT2D eigenvalue weighted by molar-refractivity contribution is -0.206. The highest BCUT2D eigenvalue weighted by Crippen LogP contribution is 2.25. The van der Waals surface area contributed by atoms with Gasteiger partial charge in [-0.05, 0) is 11.1 Å². The Kier molecular flexibility index (Phi) is 6.55. The van der Waals surface area contributed by atoms with Gasteiger partial charge in [0.25, 0.3) is 0 Å². The summed E-state index contributed by atoms with van der Waals surface area (Å²) in [5.41, 5.74) is 2.03. The first-order chi connectivity index (χ1) is 12.3. The van der Waals surface area contributed by atoms with E-state index < -0.39 is 24.4 Å². The van der Waals surface area contributed by atoms with E-state index in [9.17, 15) is 10.2 Å². The van der Waals surface area contributed by atoms with E-state index in [2.05, 4.69) is 0 Å². The van der Waals surface area contributed by atoms with Crippen LogP contribution >= 0.6 is 0 Å². The minimum Gasteiger partial charge on any atom is -0.394 e. The van der Waals surface area contributed by atoms with Crippen molar-refractivity contribution < 1.29 is 24.4 Å². The van der Waals surface area contributed by atoms with Crippen LogP contribution in [0.3, 0.4) is 0 Å². The first-order valence-electron chi connectivity index (χ1n) is 8.36. The summed E-state index contributed by atoms with van der Waals surface area (Å²) in [7, 11) is 0. The second-order valence-electron chi connectivity index (χ2n) is 6.01. The average molecular weight is 343 g/mol. The van der Waals surface area contributed by atoms with Crippen LogP contribution in [0.2, 0.25) is 0 Å². The van der Waals surface area contributed by atoms with Crippen molar-refractivity contribution in [3.05, 3.63) is 78.4 Å². The van der Waals surface area contributed by atoms with Gasteiger partial charge in [-0.3, -0.25) is 0 Å². The lowest BCUT2D eigenvalue weighted by atomic mass is 10.00. The molecule has 5 heteroatoms. The quantitative estimate of drug-likeness (QED) is 0.806. The molecule has 0 aromatic heterocycles. The highest BCUT2D eigenvalue weighted by atomic mass is 16.6. The number of aliphatic hydroxyl groups is 2. The molecule has 1 heterocycles. The van der Waals surface area contributed by atoms with Crippen LogP contribution in [-0.4, -0.2) is 41.2 Å². The lowest BCUT2D eigenvalue weighted by Crippen LogP contribution is -2.54. The molecule has 2 N–H and O–H groups in total. The topological polar surface area (TPSA) is 68.2 Å². The molecule has 1 radical (unpaired) electrons. The van der Waals surface area contributed by atoms with Crippen molar-refractivity contribution in [1.29, 1.82) is 0 Å². The minimum absolute atomic E-state index is 0.283. The van der Waals surface area contributed by atoms with Gasteiger partial charge >= 0.3 is 0 Å². The van der Waals surface area contributed by atoms with E-state index in [0.29, 0.717) is 13.2 Å². The molecule has 3 rings (SSSR count). The highest BCUT2D eigenvalue weighted by molar-refractivity contribution is 5.14. The molecular weight excluding hydrogens is 320 g/mol. The molecule has 2 aromatic carbocycles. The maximum atomic E-state index is 10.5. The van der Waals surface area contributed by atoms with Gasteiger partial charge < -0.3 is 24.4 Å². The summed E-state index contributed by atoms with van der Waals surface area (Å²) in [5.74, 6) is 0. The zero-order valence-electron chi connectivity index (χ0n) is 13.9. The molecule has 25 heavy (non-hydrogen) atoms. The van der Waals surface area contributed by atoms with Crippen LogP contribution in [0.15, 0.2) is 60.7 Å². The van der Waals surface area contributed by atoms with E-state index in [0.717, 1.165) is 11.1 Å². The fourth-order valence-corrected chi connectivity index (χ4v) is 2.75. The Morgan fingerprint density at radius 2 is 1.40 bits per heavy atom. The molecule has 1 aliphatic rings. The molecule has 1 fully saturated rings. The van der Waals surface area contributed by atoms with Crippen LogP contribution in [0.25, 0.3) is 0 Å². The predicted molar refractivity (Wildman–Crippen MR) is 92.3 cm³/mol. The largest absolute Gasteiger partial charge is 0.394 e. The molecule has 0 unspecified atom stereocenters. The van der Waals surface area contributed by atoms with Crippen LogP contribution < -0.4 is 0 Å². The molecule has 4 atom stereocenters. The smallest absolute Gasteiger partial charge is 0.116 e. The fourth-order valence-electron chi connectivity index (χ4n) is 2.75. The molecule has 0 spiro atoms. The van der Waals surface area contributed by atoms with Crippen LogP contribution in [0.1, 0.15) is 11.1 Å². The van der Waals surface area contributed by atoms with Gasteiger partial charge in [-0.1, -0.05) is 60.7 Å². The SMILES string of the molecule is OC[C@H]1O[CH][C@H](OCc2ccccc2)[C@@H](OCc2ccccc2)[C@H]1O. The standard InChI is InChI=1S/C20H23O5/c21-11-17-19(22)20(25-13-16-9-5-2-6-10-16)18(14-24-17)23-12-15-7-3-1-4-8-15/h1-10,14,17-22H,11-13H2/t17-,18+,19+,20-/m1/s1. The second kappa shape index (κ2) is 9.08. The summed E-state index contributed by atoms with van der Waals surface area (Å²) in [5, 5.41) is 19.8. The Bertz CT molecular complexity index is 618. The summed E-state index contributed by atoms with van der Waals surface area (Å²) in [6.07, 6.45) is -2.83. The summed E-state index contributed by atoms with van der Waals surface area (Å²) >= 11 is 0. The zero-order valence-corrected chi connectivity index (χ0v) is 13.9. The molecular formula is C20H23O5. The average Bonchev–Trinajstić information content (AvgIpc) is 2.67. The van der Waals surface area contributed by atoms with E-state index in [-0.39, 0.29) is 6.61 Å². The van der Waals surface area contributed by atoms with Gasteiger partial charge in [0.1, 0.15) is 31.0 Å². The predicted octanol–water partition coefficient (Wildman–Crippen LogP) is 2.07. The van der Waals surface area contributed by atoms with Crippen molar-refractivity contribution in [2.45, 2.75) is 37.6 Å². The first-order valence-corrected chi connectivity index (χ1v) is 8.36. The van der Waals surface area contributed by atoms with E-state index >= 15 is 0 Å². The van der Waals surface area contributed by atoms with Crippen molar-refractivity contribution in [2.75, 3.05) is 6.61 Å². The third kappa shape index (κ3) is 4.87. The fraction of sp³-hybridized carbons (Fsp3) is 0.350. The van der Waals surface area contributed by atoms with Gasteiger partial charge in [0.15, 0.2) is 0 Å². The highest BCUT2D eigenvalue weighted by Gasteiger charge is 2.41. The normalized spacial score (nSPS) is 26.5. The molecule has 133 valence electrons. The van der Waals surface area contributed by atoms with Gasteiger partial charge in [-0.25, -0.2) is 0 Å². The summed E-state index contributed by atoms with van der Waals surface area (Å²) < 4.78 is 17.2. The maximum absolute atomic E-state index is 10.5. The summed E-state index contributed by atoms with van der Waals surface area (Å²) in [6, 6.07) is 19.5. The molecule has 1 saturated heterocycles. The lowest BCUT2D eigenvalue weighted by Gasteiger charge is -2.38. The van der Waals surface area contributed by atoms with E-state index in [1.54, 1.807) is 0 Å². The van der Waals surface area contributed by atoms with E-state index in [1.807, 2.05) is 60.7 Å². The zero-order chi connectivity index (χ0) is 17.5. The molecule has 0 amide bonds. The Hall–Kier alpha value is -1.76. The Balaban J connectivity index is 1.63. The molecule has 0 aliphatic carbocycles. The number of rotatable bonds is 7. The summed E-state index contributed by atoms with van der Waals surface area (Å²) in [4.78, 5) is 0. The monoisotopic (exact) mass is 343 g/mol. The van der Waals surface area contributed by atoms with Crippen molar-refractivity contribution in [2.24, 2.45) is 0 Å². The van der Waals surface area contributed by atoms with Crippen molar-refractivity contribution in [1.82, 2.24) is 0 Å². The van der Waals surface area contributed by atoms with Gasteiger partial charge in [-0.15, -0.1) is 0 Å². The van der Waals surface area contributed by atoms with Gasteiger partial charge in [0, 0.05) is 0 Å². The van der Waals surface area contributed by atoms with Crippen molar-refractivity contribution in [3.8, 4) is 0 Å². The molecule has 0 saturated carbocycles. The number of benzene rings is 2. The summed E-state index contributed by atoms with van der Waals surface area (Å²) in [6.45, 7) is 1.95. The third-order valence-electron chi connectivity index (χ3n) is 4.18. The van der Waals surface area contributed by atoms with Crippen LogP contribution in [0.5, 0.6) is 0 Å². The first kappa shape index (κ1) is 18.0. The number of ether oxygens (including phenoxy) is 3. The van der Waals surface area contributed by atoms with E-state index in [4.69, 9.17) is 14.2 Å². The number of hydrogen-bond acceptors (Lipinski definition) is 5. The number of aliphatic hydroxyl groups excluding tert-OH is 2. The van der Waals surface area contributed by atoms with Crippen molar-refractivity contribution in [3.63, 3.8) is 0 Å². The number of hydrogen-bond donors (Lipinski definition) is 2. The van der Waals surface area contributed by atoms with Gasteiger partial charge in [0.05, 0.1) is 19.8 Å². The Morgan fingerprint density at radius 3 is 1.96 bits per heavy atom. The molecule has 2 aromatic rings. The Labute approximate surface area is 147 Å². The second-order valence-corrected chi connectivity index (χ2v) is 6.01. The van der Waals surface area contributed by atoms with Crippen LogP contribution in [0.4, 0.5) is 0 Å². The van der Waals surface area contributed by atoms with Gasteiger partial charge in [-0.2, -0.15) is 0 Å². The molecule has 1 aliphatic heterocycles. The minimum atomic E-state index is -0.973. The van der Waals surface area contributed by atoms with Crippen LogP contribution in [0, 0.1) is 6.61 Å². The van der Waals surface area contributed by atoms with Crippen molar-refractivity contribution >= 4 is 0 Å². The van der Waals surface area contributed by atoms with Crippen LogP contribution in [-0.2, 0) is 27.4 Å². The molecule has 0 bridgehead atoms. The third-order valence-corrected chi connectivity index (χ3v) is 4.18. The van der Waals surface area contributed by atoms with E-state index in [1.165, 1.54) is 6.61 Å². The Morgan fingerprint density at radius 1 is 0.840 bits per heavy atom. The molecule has 5 nitrogen and oxygen atoms in total. The van der Waals surface area contributed by atoms with Gasteiger partial charge in [0.2, 0.25) is 0 Å². The maximum Gasteiger partial charge on any atom is 0.116 e.